The van der Waals surface area contributed by atoms with E-state index < -0.39 is 5.97 Å². The maximum Gasteiger partial charge on any atom is 0.451 e. The average molecular weight is 418 g/mol. The van der Waals surface area contributed by atoms with E-state index in [0.29, 0.717) is 17.7 Å². The number of amides is 2. The molecule has 3 atom stereocenters. The van der Waals surface area contributed by atoms with Gasteiger partial charge in [-0.1, -0.05) is 24.8 Å². The topological polar surface area (TPSA) is 120 Å². The van der Waals surface area contributed by atoms with E-state index >= 15 is 0 Å². The summed E-state index contributed by atoms with van der Waals surface area (Å²) in [6, 6.07) is 6.30. The van der Waals surface area contributed by atoms with Gasteiger partial charge in [0.1, 0.15) is 17.8 Å². The van der Waals surface area contributed by atoms with Crippen LogP contribution in [0.1, 0.15) is 28.8 Å². The lowest BCUT2D eigenvalue weighted by molar-refractivity contribution is -0.830. The molecule has 2 aliphatic heterocycles. The molecule has 0 bridgehead atoms. The smallest absolute Gasteiger partial charge is 0.451 e. The molecule has 0 saturated carbocycles. The molecule has 1 aromatic rings. The average Bonchev–Trinajstić information content (AvgIpc) is 3.20. The van der Waals surface area contributed by atoms with Crippen LogP contribution < -0.4 is 5.73 Å². The van der Waals surface area contributed by atoms with Crippen LogP contribution in [0.15, 0.2) is 48.1 Å². The third-order valence-corrected chi connectivity index (χ3v) is 4.87. The Kier molecular flexibility index (Phi) is 7.87. The minimum absolute atomic E-state index is 0.0287. The van der Waals surface area contributed by atoms with Crippen LogP contribution >= 0.6 is 0 Å². The number of carbonyl (C=O) groups excluding carboxylic acids is 2. The number of aliphatic imine (C=N–C) groups is 1. The number of nitrogens with zero attached hydrogens (tertiary/aromatic N) is 2. The number of carbonyl (C=O) groups is 2. The summed E-state index contributed by atoms with van der Waals surface area (Å²) in [5, 5.41) is 9.15. The Morgan fingerprint density at radius 1 is 1.33 bits per heavy atom. The van der Waals surface area contributed by atoms with Crippen molar-refractivity contribution in [3.63, 3.8) is 0 Å². The summed E-state index contributed by atoms with van der Waals surface area (Å²) in [5.74, 6) is -0.371. The second-order valence-electron chi connectivity index (χ2n) is 7.01. The Bertz CT molecular complexity index is 866. The lowest BCUT2D eigenvalue weighted by Crippen LogP contribution is -2.53. The first-order valence-electron chi connectivity index (χ1n) is 9.36. The van der Waals surface area contributed by atoms with Crippen molar-refractivity contribution in [3.05, 3.63) is 54.2 Å². The molecule has 1 saturated heterocycles. The summed E-state index contributed by atoms with van der Waals surface area (Å²) in [5.41, 5.74) is 6.21. The normalized spacial score (nSPS) is 25.2. The van der Waals surface area contributed by atoms with E-state index in [4.69, 9.17) is 20.3 Å². The minimum atomic E-state index is -0.481. The number of rotatable bonds is 5. The minimum Gasteiger partial charge on any atom is -0.508 e. The molecule has 30 heavy (non-hydrogen) atoms. The Morgan fingerprint density at radius 3 is 2.57 bits per heavy atom. The van der Waals surface area contributed by atoms with Crippen LogP contribution in [-0.2, 0) is 14.2 Å². The zero-order valence-electron chi connectivity index (χ0n) is 17.4. The highest BCUT2D eigenvalue weighted by atomic mass is 16.6. The van der Waals surface area contributed by atoms with Crippen molar-refractivity contribution >= 4 is 23.6 Å². The van der Waals surface area contributed by atoms with Crippen LogP contribution in [0.3, 0.4) is 0 Å². The fourth-order valence-electron chi connectivity index (χ4n) is 3.18. The Labute approximate surface area is 175 Å². The molecule has 0 aromatic heterocycles. The molecule has 162 valence electrons. The highest BCUT2D eigenvalue weighted by Crippen LogP contribution is 2.29. The number of urea groups is 1. The molecule has 0 radical (unpaired) electrons. The summed E-state index contributed by atoms with van der Waals surface area (Å²) in [6.07, 6.45) is 4.96. The van der Waals surface area contributed by atoms with E-state index in [1.54, 1.807) is 50.7 Å². The van der Waals surface area contributed by atoms with Gasteiger partial charge in [-0.25, -0.2) is 9.59 Å². The molecule has 9 nitrogen and oxygen atoms in total. The Hall–Kier alpha value is -3.01. The van der Waals surface area contributed by atoms with E-state index in [9.17, 15) is 9.59 Å². The van der Waals surface area contributed by atoms with Gasteiger partial charge in [0.2, 0.25) is 6.23 Å². The number of hydrogen-bond acceptors (Lipinski definition) is 7. The number of nitrogens with two attached hydrogens (primary N) is 1. The van der Waals surface area contributed by atoms with Gasteiger partial charge in [0.15, 0.2) is 0 Å². The van der Waals surface area contributed by atoms with Crippen LogP contribution in [0.2, 0.25) is 0 Å². The fraction of sp³-hybridized carbons (Fsp3) is 0.381. The fourth-order valence-corrected chi connectivity index (χ4v) is 3.18. The van der Waals surface area contributed by atoms with E-state index in [2.05, 4.69) is 16.3 Å². The number of aliphatic hydroxyl groups is 1. The Balaban J connectivity index is 0.000000222. The summed E-state index contributed by atoms with van der Waals surface area (Å²) in [7, 11) is 4.72. The molecular formula is C21H28N3O6+. The SMILES string of the molecule is C=C(O)c1ccccc1C(=O)OC.COCC1CCC([N+]2(C)C=CC(N)=NC2=O)O1. The number of quaternary nitrogens is 1. The number of esters is 1. The molecule has 3 rings (SSSR count). The monoisotopic (exact) mass is 418 g/mol. The first-order chi connectivity index (χ1) is 14.2. The number of methoxy groups -OCH3 is 2. The molecule has 0 spiro atoms. The molecule has 2 aliphatic rings. The third-order valence-electron chi connectivity index (χ3n) is 4.87. The summed E-state index contributed by atoms with van der Waals surface area (Å²) in [4.78, 5) is 26.9. The summed E-state index contributed by atoms with van der Waals surface area (Å²) >= 11 is 0. The van der Waals surface area contributed by atoms with Crippen LogP contribution in [0.5, 0.6) is 0 Å². The second kappa shape index (κ2) is 10.1. The van der Waals surface area contributed by atoms with Gasteiger partial charge in [-0.05, 0) is 12.5 Å². The zero-order chi connectivity index (χ0) is 22.3. The van der Waals surface area contributed by atoms with Crippen molar-refractivity contribution in [2.24, 2.45) is 10.7 Å². The number of amidine groups is 1. The molecule has 2 amide bonds. The highest BCUT2D eigenvalue weighted by Gasteiger charge is 2.45. The molecule has 1 aromatic carbocycles. The van der Waals surface area contributed by atoms with Crippen LogP contribution in [0.25, 0.3) is 5.76 Å². The van der Waals surface area contributed by atoms with Crippen LogP contribution in [-0.4, -0.2) is 67.6 Å². The number of aliphatic hydroxyl groups excluding tert-OH is 1. The van der Waals surface area contributed by atoms with Crippen LogP contribution in [0, 0.1) is 0 Å². The third kappa shape index (κ3) is 5.32. The number of hydrogen-bond donors (Lipinski definition) is 2. The van der Waals surface area contributed by atoms with Crippen molar-refractivity contribution in [3.8, 4) is 0 Å². The van der Waals surface area contributed by atoms with Crippen molar-refractivity contribution in [1.29, 1.82) is 0 Å². The zero-order valence-corrected chi connectivity index (χ0v) is 17.4. The van der Waals surface area contributed by atoms with E-state index in [1.807, 2.05) is 0 Å². The van der Waals surface area contributed by atoms with Gasteiger partial charge in [0.25, 0.3) is 0 Å². The lowest BCUT2D eigenvalue weighted by atomic mass is 10.1. The standard InChI is InChI=1S/C11H17N3O3.C10H10O3/c1-14(6-5-9(12)13-11(14)15)10-4-3-8(17-10)7-16-2;1-7(11)8-5-3-4-6-9(8)10(12)13-2/h5-6,8,10H,3-4,7H2,1-2H3,(H-,12,13,15);3-6,11H,1H2,2H3/p+1. The predicted octanol–water partition coefficient (Wildman–Crippen LogP) is 2.59. The molecule has 9 heteroatoms. The van der Waals surface area contributed by atoms with Gasteiger partial charge in [0.05, 0.1) is 32.4 Å². The van der Waals surface area contributed by atoms with Gasteiger partial charge in [-0.2, -0.15) is 4.48 Å². The van der Waals surface area contributed by atoms with E-state index in [0.717, 1.165) is 12.8 Å². The van der Waals surface area contributed by atoms with Crippen molar-refractivity contribution in [2.75, 3.05) is 27.9 Å². The van der Waals surface area contributed by atoms with Crippen molar-refractivity contribution in [1.82, 2.24) is 0 Å². The predicted molar refractivity (Wildman–Crippen MR) is 112 cm³/mol. The van der Waals surface area contributed by atoms with Gasteiger partial charge in [-0.15, -0.1) is 4.99 Å². The Morgan fingerprint density at radius 2 is 2.00 bits per heavy atom. The van der Waals surface area contributed by atoms with Crippen molar-refractivity contribution < 1.29 is 33.4 Å². The quantitative estimate of drug-likeness (QED) is 0.428. The van der Waals surface area contributed by atoms with Crippen molar-refractivity contribution in [2.45, 2.75) is 25.2 Å². The van der Waals surface area contributed by atoms with Crippen LogP contribution in [0.4, 0.5) is 4.79 Å². The highest BCUT2D eigenvalue weighted by molar-refractivity contribution is 5.99. The molecular weight excluding hydrogens is 390 g/mol. The maximum absolute atomic E-state index is 11.9. The molecule has 3 unspecified atom stereocenters. The first kappa shape index (κ1) is 23.3. The van der Waals surface area contributed by atoms with E-state index in [-0.39, 0.29) is 34.4 Å². The molecule has 3 N–H and O–H groups in total. The second-order valence-corrected chi connectivity index (χ2v) is 7.01. The molecule has 0 aliphatic carbocycles. The number of benzene rings is 1. The number of ether oxygens (including phenoxy) is 3. The summed E-state index contributed by atoms with van der Waals surface area (Å²) in [6.45, 7) is 3.91. The molecule has 2 heterocycles. The van der Waals surface area contributed by atoms with Gasteiger partial charge < -0.3 is 25.1 Å². The first-order valence-corrected chi connectivity index (χ1v) is 9.36. The molecule has 1 fully saturated rings. The summed E-state index contributed by atoms with van der Waals surface area (Å²) < 4.78 is 15.4. The van der Waals surface area contributed by atoms with E-state index in [1.165, 1.54) is 7.11 Å². The maximum atomic E-state index is 11.9. The lowest BCUT2D eigenvalue weighted by Gasteiger charge is -2.32. The van der Waals surface area contributed by atoms with Gasteiger partial charge in [-0.3, -0.25) is 0 Å². The van der Waals surface area contributed by atoms with Gasteiger partial charge in [0, 0.05) is 25.2 Å². The van der Waals surface area contributed by atoms with Gasteiger partial charge >= 0.3 is 12.0 Å². The largest absolute Gasteiger partial charge is 0.508 e.